The van der Waals surface area contributed by atoms with Crippen molar-refractivity contribution >= 4 is 45.1 Å². The molecule has 1 N–H and O–H groups in total. The van der Waals surface area contributed by atoms with Crippen LogP contribution in [-0.2, 0) is 0 Å². The van der Waals surface area contributed by atoms with Crippen molar-refractivity contribution in [3.63, 3.8) is 0 Å². The van der Waals surface area contributed by atoms with E-state index < -0.39 is 0 Å². The Morgan fingerprint density at radius 1 is 1.14 bits per heavy atom. The number of benzene rings is 2. The zero-order valence-electron chi connectivity index (χ0n) is 11.8. The van der Waals surface area contributed by atoms with Gasteiger partial charge in [0.2, 0.25) is 0 Å². The van der Waals surface area contributed by atoms with Gasteiger partial charge in [0.1, 0.15) is 11.4 Å². The number of rotatable bonds is 3. The fourth-order valence-corrected chi connectivity index (χ4v) is 2.63. The number of methoxy groups -OCH3 is 1. The summed E-state index contributed by atoms with van der Waals surface area (Å²) in [6.45, 7) is 0. The van der Waals surface area contributed by atoms with Gasteiger partial charge in [0.05, 0.1) is 18.3 Å². The molecule has 0 radical (unpaired) electrons. The largest absolute Gasteiger partial charge is 0.497 e. The normalized spacial score (nSPS) is 10.5. The van der Waals surface area contributed by atoms with E-state index in [4.69, 9.17) is 4.74 Å². The highest BCUT2D eigenvalue weighted by Gasteiger charge is 2.10. The number of halogens is 1. The van der Waals surface area contributed by atoms with Gasteiger partial charge in [-0.05, 0) is 59.0 Å². The first-order valence-electron chi connectivity index (χ1n) is 6.68. The van der Waals surface area contributed by atoms with E-state index in [1.807, 2.05) is 48.5 Å². The molecule has 0 aliphatic heterocycles. The number of amides is 1. The van der Waals surface area contributed by atoms with Gasteiger partial charge >= 0.3 is 0 Å². The number of hydrogen-bond acceptors (Lipinski definition) is 3. The molecule has 5 heteroatoms. The molecule has 0 unspecified atom stereocenters. The number of nitrogens with zero attached hydrogens (tertiary/aromatic N) is 1. The lowest BCUT2D eigenvalue weighted by Gasteiger charge is -2.08. The van der Waals surface area contributed by atoms with Crippen molar-refractivity contribution in [1.29, 1.82) is 0 Å². The average molecular weight is 404 g/mol. The van der Waals surface area contributed by atoms with Crippen LogP contribution >= 0.6 is 22.6 Å². The second kappa shape index (κ2) is 6.31. The third-order valence-electron chi connectivity index (χ3n) is 3.25. The van der Waals surface area contributed by atoms with Crippen LogP contribution in [-0.4, -0.2) is 18.0 Å². The number of ether oxygens (including phenoxy) is 1. The summed E-state index contributed by atoms with van der Waals surface area (Å²) >= 11 is 2.19. The molecule has 2 aromatic carbocycles. The summed E-state index contributed by atoms with van der Waals surface area (Å²) in [6, 6.07) is 16.8. The van der Waals surface area contributed by atoms with Crippen molar-refractivity contribution in [3.8, 4) is 5.75 Å². The molecule has 1 amide bonds. The van der Waals surface area contributed by atoms with Crippen LogP contribution in [0.3, 0.4) is 0 Å². The van der Waals surface area contributed by atoms with Crippen molar-refractivity contribution in [2.24, 2.45) is 0 Å². The Hall–Kier alpha value is -2.15. The van der Waals surface area contributed by atoms with E-state index >= 15 is 0 Å². The van der Waals surface area contributed by atoms with Gasteiger partial charge in [-0.15, -0.1) is 0 Å². The van der Waals surface area contributed by atoms with Gasteiger partial charge in [-0.2, -0.15) is 0 Å². The molecule has 0 aliphatic rings. The molecule has 0 aliphatic carbocycles. The zero-order valence-corrected chi connectivity index (χ0v) is 14.0. The van der Waals surface area contributed by atoms with Crippen LogP contribution in [0.25, 0.3) is 10.9 Å². The fourth-order valence-electron chi connectivity index (χ4n) is 2.11. The van der Waals surface area contributed by atoms with Gasteiger partial charge in [-0.1, -0.05) is 18.2 Å². The molecule has 4 nitrogen and oxygen atoms in total. The molecule has 22 heavy (non-hydrogen) atoms. The third-order valence-corrected chi connectivity index (χ3v) is 4.19. The maximum atomic E-state index is 12.3. The first-order valence-corrected chi connectivity index (χ1v) is 7.76. The minimum atomic E-state index is -0.221. The Bertz CT molecular complexity index is 849. The van der Waals surface area contributed by atoms with E-state index in [1.54, 1.807) is 13.2 Å². The second-order valence-corrected chi connectivity index (χ2v) is 5.85. The Balaban J connectivity index is 1.90. The van der Waals surface area contributed by atoms with Crippen LogP contribution in [0.5, 0.6) is 5.75 Å². The molecule has 0 spiro atoms. The lowest BCUT2D eigenvalue weighted by atomic mass is 10.2. The number of nitrogens with one attached hydrogen (secondary N) is 1. The minimum Gasteiger partial charge on any atom is -0.497 e. The van der Waals surface area contributed by atoms with Crippen LogP contribution in [0.4, 0.5) is 5.69 Å². The van der Waals surface area contributed by atoms with Crippen LogP contribution < -0.4 is 10.1 Å². The molecule has 1 aromatic heterocycles. The van der Waals surface area contributed by atoms with E-state index in [1.165, 1.54) is 0 Å². The number of pyridine rings is 1. The van der Waals surface area contributed by atoms with Gasteiger partial charge in [-0.3, -0.25) is 4.79 Å². The molecule has 3 rings (SSSR count). The topological polar surface area (TPSA) is 51.2 Å². The number of carbonyl (C=O) groups is 1. The maximum absolute atomic E-state index is 12.3. The van der Waals surface area contributed by atoms with E-state index in [9.17, 15) is 4.79 Å². The number of aromatic nitrogens is 1. The molecule has 110 valence electrons. The Morgan fingerprint density at radius 3 is 2.73 bits per heavy atom. The summed E-state index contributed by atoms with van der Waals surface area (Å²) < 4.78 is 6.17. The monoisotopic (exact) mass is 404 g/mol. The predicted octanol–water partition coefficient (Wildman–Crippen LogP) is 4.10. The average Bonchev–Trinajstić information content (AvgIpc) is 2.56. The summed E-state index contributed by atoms with van der Waals surface area (Å²) in [4.78, 5) is 16.7. The predicted molar refractivity (Wildman–Crippen MR) is 95.4 cm³/mol. The number of para-hydroxylation sites is 1. The summed E-state index contributed by atoms with van der Waals surface area (Å²) in [6.07, 6.45) is 0. The highest BCUT2D eigenvalue weighted by Crippen LogP contribution is 2.21. The summed E-state index contributed by atoms with van der Waals surface area (Å²) in [7, 11) is 1.62. The van der Waals surface area contributed by atoms with Crippen molar-refractivity contribution in [1.82, 2.24) is 4.98 Å². The highest BCUT2D eigenvalue weighted by molar-refractivity contribution is 14.1. The number of fused-ring (bicyclic) bond motifs is 1. The standard InChI is InChI=1S/C17H13IN2O2/c1-22-12-7-9-14-11(10-12)6-8-16(19-14)17(21)20-15-5-3-2-4-13(15)18/h2-10H,1H3,(H,20,21). The highest BCUT2D eigenvalue weighted by atomic mass is 127. The first-order chi connectivity index (χ1) is 10.7. The molecule has 0 saturated heterocycles. The molecule has 3 aromatic rings. The van der Waals surface area contributed by atoms with E-state index in [0.717, 1.165) is 25.9 Å². The summed E-state index contributed by atoms with van der Waals surface area (Å²) in [5.74, 6) is 0.548. The summed E-state index contributed by atoms with van der Waals surface area (Å²) in [5, 5.41) is 3.82. The van der Waals surface area contributed by atoms with E-state index in [0.29, 0.717) is 5.69 Å². The van der Waals surface area contributed by atoms with Crippen LogP contribution in [0.15, 0.2) is 54.6 Å². The SMILES string of the molecule is COc1ccc2nc(C(=O)Nc3ccccc3I)ccc2c1. The van der Waals surface area contributed by atoms with Gasteiger partial charge in [-0.25, -0.2) is 4.98 Å². The number of hydrogen-bond donors (Lipinski definition) is 1. The van der Waals surface area contributed by atoms with Crippen LogP contribution in [0.2, 0.25) is 0 Å². The van der Waals surface area contributed by atoms with Crippen molar-refractivity contribution in [3.05, 3.63) is 63.9 Å². The van der Waals surface area contributed by atoms with E-state index in [2.05, 4.69) is 32.9 Å². The Kier molecular flexibility index (Phi) is 4.24. The second-order valence-electron chi connectivity index (χ2n) is 4.69. The lowest BCUT2D eigenvalue weighted by Crippen LogP contribution is -2.14. The Morgan fingerprint density at radius 2 is 1.95 bits per heavy atom. The van der Waals surface area contributed by atoms with Crippen molar-refractivity contribution < 1.29 is 9.53 Å². The van der Waals surface area contributed by atoms with Crippen LogP contribution in [0, 0.1) is 3.57 Å². The van der Waals surface area contributed by atoms with Crippen molar-refractivity contribution in [2.75, 3.05) is 12.4 Å². The van der Waals surface area contributed by atoms with Gasteiger partial charge in [0, 0.05) is 8.96 Å². The molecular weight excluding hydrogens is 391 g/mol. The van der Waals surface area contributed by atoms with Crippen molar-refractivity contribution in [2.45, 2.75) is 0 Å². The zero-order chi connectivity index (χ0) is 15.5. The molecule has 1 heterocycles. The van der Waals surface area contributed by atoms with Crippen LogP contribution in [0.1, 0.15) is 10.5 Å². The molecule has 0 bridgehead atoms. The molecule has 0 fully saturated rings. The lowest BCUT2D eigenvalue weighted by molar-refractivity contribution is 0.102. The van der Waals surface area contributed by atoms with Gasteiger partial charge < -0.3 is 10.1 Å². The quantitative estimate of drug-likeness (QED) is 0.669. The summed E-state index contributed by atoms with van der Waals surface area (Å²) in [5.41, 5.74) is 1.93. The Labute approximate surface area is 141 Å². The first kappa shape index (κ1) is 14.8. The van der Waals surface area contributed by atoms with Gasteiger partial charge in [0.25, 0.3) is 5.91 Å². The van der Waals surface area contributed by atoms with E-state index in [-0.39, 0.29) is 5.91 Å². The molecular formula is C17H13IN2O2. The smallest absolute Gasteiger partial charge is 0.274 e. The number of carbonyl (C=O) groups excluding carboxylic acids is 1. The number of anilines is 1. The molecule has 0 saturated carbocycles. The minimum absolute atomic E-state index is 0.221. The third kappa shape index (κ3) is 3.04. The van der Waals surface area contributed by atoms with Gasteiger partial charge in [0.15, 0.2) is 0 Å². The maximum Gasteiger partial charge on any atom is 0.274 e. The molecule has 0 atom stereocenters. The fraction of sp³-hybridized carbons (Fsp3) is 0.0588.